The van der Waals surface area contributed by atoms with Crippen molar-refractivity contribution >= 4 is 11.8 Å². The van der Waals surface area contributed by atoms with Gasteiger partial charge >= 0.3 is 0 Å². The van der Waals surface area contributed by atoms with Crippen LogP contribution >= 0.6 is 0 Å². The molecule has 51 heavy (non-hydrogen) atoms. The van der Waals surface area contributed by atoms with E-state index in [1.807, 2.05) is 28.9 Å². The minimum absolute atomic E-state index is 0.00861. The minimum atomic E-state index is -0.614. The van der Waals surface area contributed by atoms with E-state index >= 15 is 0 Å². The Kier molecular flexibility index (Phi) is 11.0. The molecule has 3 aliphatic rings. The molecule has 1 aliphatic carbocycles. The molecule has 0 atom stereocenters. The lowest BCUT2D eigenvalue weighted by molar-refractivity contribution is 0.0887. The molecule has 2 aromatic carbocycles. The molecule has 268 valence electrons. The van der Waals surface area contributed by atoms with E-state index in [9.17, 15) is 14.0 Å². The van der Waals surface area contributed by atoms with Gasteiger partial charge in [-0.25, -0.2) is 9.37 Å². The maximum atomic E-state index is 14.4. The van der Waals surface area contributed by atoms with Gasteiger partial charge in [0.1, 0.15) is 22.8 Å². The van der Waals surface area contributed by atoms with Crippen LogP contribution in [0.5, 0.6) is 11.6 Å². The number of nitrogens with zero attached hydrogens (tertiary/aromatic N) is 5. The van der Waals surface area contributed by atoms with Crippen LogP contribution in [0.15, 0.2) is 66.9 Å². The van der Waals surface area contributed by atoms with Gasteiger partial charge in [0, 0.05) is 44.0 Å². The van der Waals surface area contributed by atoms with Crippen molar-refractivity contribution in [1.82, 2.24) is 35.2 Å². The molecule has 0 unspecified atom stereocenters. The first-order valence-electron chi connectivity index (χ1n) is 18.5. The Hall–Kier alpha value is -4.61. The summed E-state index contributed by atoms with van der Waals surface area (Å²) in [6.07, 6.45) is 9.27. The van der Waals surface area contributed by atoms with E-state index in [0.717, 1.165) is 94.3 Å². The Morgan fingerprint density at radius 2 is 1.63 bits per heavy atom. The summed E-state index contributed by atoms with van der Waals surface area (Å²) >= 11 is 0. The van der Waals surface area contributed by atoms with Crippen molar-refractivity contribution < 1.29 is 18.7 Å². The average molecular weight is 694 g/mol. The van der Waals surface area contributed by atoms with Gasteiger partial charge in [0.2, 0.25) is 5.88 Å². The smallest absolute Gasteiger partial charge is 0.272 e. The van der Waals surface area contributed by atoms with Crippen molar-refractivity contribution in [2.24, 2.45) is 0 Å². The molecule has 1 saturated carbocycles. The highest BCUT2D eigenvalue weighted by atomic mass is 19.1. The molecule has 2 amide bonds. The average Bonchev–Trinajstić information content (AvgIpc) is 3.48. The van der Waals surface area contributed by atoms with Crippen LogP contribution in [-0.2, 0) is 19.4 Å². The fraction of sp³-hybridized carbons (Fsp3) is 0.450. The van der Waals surface area contributed by atoms with Gasteiger partial charge in [-0.3, -0.25) is 14.3 Å². The number of fused-ring (bicyclic) bond motifs is 1. The van der Waals surface area contributed by atoms with Crippen molar-refractivity contribution in [2.75, 3.05) is 39.8 Å². The molecule has 2 aromatic heterocycles. The number of nitrogens with one attached hydrogen (secondary N) is 2. The third-order valence-electron chi connectivity index (χ3n) is 10.5. The maximum Gasteiger partial charge on any atom is 0.272 e. The number of hydrogen-bond donors (Lipinski definition) is 2. The summed E-state index contributed by atoms with van der Waals surface area (Å²) in [6, 6.07) is 19.2. The first-order valence-corrected chi connectivity index (χ1v) is 18.5. The lowest BCUT2D eigenvalue weighted by atomic mass is 9.91. The monoisotopic (exact) mass is 693 g/mol. The summed E-state index contributed by atoms with van der Waals surface area (Å²) in [5, 5.41) is 10.7. The predicted molar refractivity (Wildman–Crippen MR) is 195 cm³/mol. The van der Waals surface area contributed by atoms with E-state index < -0.39 is 11.7 Å². The second-order valence-corrected chi connectivity index (χ2v) is 14.3. The van der Waals surface area contributed by atoms with Crippen LogP contribution in [0.1, 0.15) is 77.0 Å². The van der Waals surface area contributed by atoms with Crippen molar-refractivity contribution in [2.45, 2.75) is 76.4 Å². The molecular formula is C40H48FN7O3. The van der Waals surface area contributed by atoms with E-state index in [1.54, 1.807) is 6.07 Å². The number of pyridine rings is 1. The fourth-order valence-corrected chi connectivity index (χ4v) is 7.43. The Labute approximate surface area is 299 Å². The zero-order valence-electron chi connectivity index (χ0n) is 29.5. The first-order chi connectivity index (χ1) is 24.9. The van der Waals surface area contributed by atoms with E-state index in [-0.39, 0.29) is 29.4 Å². The van der Waals surface area contributed by atoms with Crippen LogP contribution in [0, 0.1) is 5.82 Å². The topological polar surface area (TPSA) is 105 Å². The van der Waals surface area contributed by atoms with Gasteiger partial charge in [-0.2, -0.15) is 5.10 Å². The molecular weight excluding hydrogens is 645 g/mol. The lowest BCUT2D eigenvalue weighted by Gasteiger charge is -2.29. The number of aryl methyl sites for hydroxylation is 2. The summed E-state index contributed by atoms with van der Waals surface area (Å²) in [6.45, 7) is 6.47. The molecule has 0 spiro atoms. The zero-order valence-corrected chi connectivity index (χ0v) is 29.5. The zero-order chi connectivity index (χ0) is 35.2. The van der Waals surface area contributed by atoms with E-state index in [4.69, 9.17) is 4.74 Å². The first kappa shape index (κ1) is 34.8. The van der Waals surface area contributed by atoms with Crippen molar-refractivity contribution in [3.63, 3.8) is 0 Å². The van der Waals surface area contributed by atoms with Crippen LogP contribution in [0.2, 0.25) is 0 Å². The Balaban J connectivity index is 0.928. The number of aromatic nitrogens is 3. The van der Waals surface area contributed by atoms with Crippen LogP contribution in [0.4, 0.5) is 4.39 Å². The number of likely N-dealkylation sites (N-methyl/N-ethyl adjacent to an activating group) is 1. The Bertz CT molecular complexity index is 1800. The van der Waals surface area contributed by atoms with Crippen molar-refractivity contribution in [3.8, 4) is 22.8 Å². The number of ether oxygens (including phenoxy) is 1. The van der Waals surface area contributed by atoms with Crippen molar-refractivity contribution in [3.05, 3.63) is 95.2 Å². The van der Waals surface area contributed by atoms with E-state index in [0.29, 0.717) is 24.3 Å². The molecule has 10 nitrogen and oxygen atoms in total. The molecule has 2 N–H and O–H groups in total. The van der Waals surface area contributed by atoms with E-state index in [1.165, 1.54) is 24.6 Å². The Morgan fingerprint density at radius 1 is 0.843 bits per heavy atom. The predicted octanol–water partition coefficient (Wildman–Crippen LogP) is 5.86. The number of carbonyl (C=O) groups excluding carboxylic acids is 2. The molecule has 0 bridgehead atoms. The van der Waals surface area contributed by atoms with Gasteiger partial charge in [-0.05, 0) is 119 Å². The normalized spacial score (nSPS) is 19.9. The SMILES string of the molecule is CN1CCCN(CCc2ccc(-c3cccc(Oc4ncc(F)cc4C(=O)N[C@H]4CC[C@H](NC(=O)c5cc6n(n5)CCCC6)CC4)c3)cc2)CC1. The number of hydrogen-bond acceptors (Lipinski definition) is 7. The Morgan fingerprint density at radius 3 is 2.41 bits per heavy atom. The number of benzene rings is 2. The van der Waals surface area contributed by atoms with Gasteiger partial charge < -0.3 is 25.2 Å². The van der Waals surface area contributed by atoms with Crippen LogP contribution in [-0.4, -0.2) is 88.2 Å². The largest absolute Gasteiger partial charge is 0.438 e. The molecule has 2 aliphatic heterocycles. The van der Waals surface area contributed by atoms with Crippen molar-refractivity contribution in [1.29, 1.82) is 0 Å². The van der Waals surface area contributed by atoms with Crippen LogP contribution < -0.4 is 15.4 Å². The third kappa shape index (κ3) is 9.01. The molecule has 2 fully saturated rings. The van der Waals surface area contributed by atoms with Gasteiger partial charge in [-0.1, -0.05) is 36.4 Å². The highest BCUT2D eigenvalue weighted by molar-refractivity contribution is 5.96. The van der Waals surface area contributed by atoms with Crippen LogP contribution in [0.25, 0.3) is 11.1 Å². The highest BCUT2D eigenvalue weighted by Gasteiger charge is 2.27. The van der Waals surface area contributed by atoms with Gasteiger partial charge in [0.05, 0.1) is 6.20 Å². The molecule has 11 heteroatoms. The number of halogens is 1. The second kappa shape index (κ2) is 16.2. The lowest BCUT2D eigenvalue weighted by Crippen LogP contribution is -2.44. The third-order valence-corrected chi connectivity index (χ3v) is 10.5. The standard InChI is InChI=1S/C40H48FN7O3/c1-46-18-5-19-47(23-22-46)21-17-28-9-11-29(12-10-28)30-6-4-8-35(24-30)51-40-36(25-31(41)27-42-40)38(49)43-32-13-15-33(16-14-32)44-39(50)37-26-34-7-2-3-20-48(34)45-37/h4,6,8-12,24-27,32-33H,2-3,5,7,13-23H2,1H3,(H,43,49)(H,44,50)/t32-,33-. The second-order valence-electron chi connectivity index (χ2n) is 14.3. The molecule has 4 aromatic rings. The highest BCUT2D eigenvalue weighted by Crippen LogP contribution is 2.29. The van der Waals surface area contributed by atoms with Gasteiger partial charge in [-0.15, -0.1) is 0 Å². The minimum Gasteiger partial charge on any atom is -0.438 e. The fourth-order valence-electron chi connectivity index (χ4n) is 7.43. The quantitative estimate of drug-likeness (QED) is 0.214. The van der Waals surface area contributed by atoms with E-state index in [2.05, 4.69) is 61.8 Å². The number of amides is 2. The molecule has 7 rings (SSSR count). The number of carbonyl (C=O) groups is 2. The molecule has 4 heterocycles. The van der Waals surface area contributed by atoms with Gasteiger partial charge in [0.25, 0.3) is 11.8 Å². The summed E-state index contributed by atoms with van der Waals surface area (Å²) in [5.41, 5.74) is 4.97. The maximum absolute atomic E-state index is 14.4. The van der Waals surface area contributed by atoms with Crippen LogP contribution in [0.3, 0.4) is 0 Å². The summed E-state index contributed by atoms with van der Waals surface area (Å²) in [7, 11) is 2.20. The summed E-state index contributed by atoms with van der Waals surface area (Å²) in [5.74, 6) is -0.649. The summed E-state index contributed by atoms with van der Waals surface area (Å²) in [4.78, 5) is 35.4. The number of rotatable bonds is 10. The summed E-state index contributed by atoms with van der Waals surface area (Å²) < 4.78 is 22.4. The molecule has 0 radical (unpaired) electrons. The van der Waals surface area contributed by atoms with Gasteiger partial charge in [0.15, 0.2) is 0 Å². The molecule has 1 saturated heterocycles.